The number of carbonyl (C=O) groups excluding carboxylic acids is 1. The molecule has 2 aromatic carbocycles. The Morgan fingerprint density at radius 3 is 2.78 bits per heavy atom. The van der Waals surface area contributed by atoms with Gasteiger partial charge in [-0.2, -0.15) is 13.2 Å². The van der Waals surface area contributed by atoms with Crippen LogP contribution in [0.2, 0.25) is 0 Å². The van der Waals surface area contributed by atoms with Crippen LogP contribution in [0.3, 0.4) is 0 Å². The van der Waals surface area contributed by atoms with E-state index in [1.54, 1.807) is 12.1 Å². The fourth-order valence-electron chi connectivity index (χ4n) is 5.01. The Labute approximate surface area is 210 Å². The van der Waals surface area contributed by atoms with Gasteiger partial charge in [0.1, 0.15) is 5.69 Å². The van der Waals surface area contributed by atoms with Gasteiger partial charge in [-0.1, -0.05) is 18.2 Å². The van der Waals surface area contributed by atoms with E-state index in [2.05, 4.69) is 10.3 Å². The minimum Gasteiger partial charge on any atom is -0.393 e. The quantitative estimate of drug-likeness (QED) is 0.489. The lowest BCUT2D eigenvalue weighted by Gasteiger charge is -2.48. The number of fused-ring (bicyclic) bond motifs is 3. The van der Waals surface area contributed by atoms with Crippen LogP contribution in [0.5, 0.6) is 0 Å². The molecule has 37 heavy (non-hydrogen) atoms. The highest BCUT2D eigenvalue weighted by molar-refractivity contribution is 6.04. The monoisotopic (exact) mass is 515 g/mol. The van der Waals surface area contributed by atoms with Gasteiger partial charge < -0.3 is 20.1 Å². The number of anilines is 2. The molecule has 2 aliphatic heterocycles. The zero-order chi connectivity index (χ0) is 26.4. The maximum atomic E-state index is 15.5. The average molecular weight is 516 g/mol. The lowest BCUT2D eigenvalue weighted by atomic mass is 9.82. The van der Waals surface area contributed by atoms with Crippen LogP contribution in [-0.2, 0) is 17.3 Å². The maximum absolute atomic E-state index is 15.5. The molecule has 3 aromatic rings. The summed E-state index contributed by atoms with van der Waals surface area (Å²) in [4.78, 5) is 17.9. The number of alkyl halides is 4. The molecule has 1 aromatic heterocycles. The number of pyridine rings is 1. The van der Waals surface area contributed by atoms with Gasteiger partial charge in [-0.05, 0) is 59.5 Å². The Kier molecular flexibility index (Phi) is 6.41. The maximum Gasteiger partial charge on any atom is 0.433 e. The van der Waals surface area contributed by atoms with Crippen LogP contribution in [0.1, 0.15) is 27.2 Å². The van der Waals surface area contributed by atoms with Gasteiger partial charge in [-0.3, -0.25) is 9.78 Å². The number of hydrogen-bond donors (Lipinski definition) is 2. The molecule has 6 nitrogen and oxygen atoms in total. The number of nitrogens with zero attached hydrogens (tertiary/aromatic N) is 2. The molecule has 2 N–H and O–H groups in total. The van der Waals surface area contributed by atoms with Gasteiger partial charge in [0, 0.05) is 36.1 Å². The van der Waals surface area contributed by atoms with Crippen molar-refractivity contribution in [3.63, 3.8) is 0 Å². The first-order valence-corrected chi connectivity index (χ1v) is 11.8. The molecule has 0 aliphatic carbocycles. The van der Waals surface area contributed by atoms with Crippen molar-refractivity contribution >= 4 is 17.3 Å². The summed E-state index contributed by atoms with van der Waals surface area (Å²) in [7, 11) is 0. The minimum absolute atomic E-state index is 0.0740. The second-order valence-corrected chi connectivity index (χ2v) is 9.41. The first-order chi connectivity index (χ1) is 17.6. The molecule has 2 atom stereocenters. The first-order valence-electron chi connectivity index (χ1n) is 11.8. The zero-order valence-electron chi connectivity index (χ0n) is 20.0. The highest BCUT2D eigenvalue weighted by Crippen LogP contribution is 2.42. The summed E-state index contributed by atoms with van der Waals surface area (Å²) in [6, 6.07) is 12.3. The Morgan fingerprint density at radius 2 is 2.03 bits per heavy atom. The number of ether oxygens (including phenoxy) is 1. The molecule has 2 aliphatic rings. The van der Waals surface area contributed by atoms with Crippen LogP contribution < -0.4 is 10.2 Å². The number of carbonyl (C=O) groups is 1. The van der Waals surface area contributed by atoms with Gasteiger partial charge in [0.05, 0.1) is 25.9 Å². The van der Waals surface area contributed by atoms with Crippen LogP contribution in [0.4, 0.5) is 28.9 Å². The summed E-state index contributed by atoms with van der Waals surface area (Å²) < 4.78 is 60.0. The number of halogens is 4. The summed E-state index contributed by atoms with van der Waals surface area (Å²) in [6.07, 6.45) is -3.63. The van der Waals surface area contributed by atoms with Crippen LogP contribution in [0, 0.1) is 6.92 Å². The minimum atomic E-state index is -4.65. The van der Waals surface area contributed by atoms with E-state index in [0.29, 0.717) is 24.9 Å². The predicted octanol–water partition coefficient (Wildman–Crippen LogP) is 4.79. The van der Waals surface area contributed by atoms with E-state index < -0.39 is 36.1 Å². The standard InChI is InChI=1S/C27H25F4N3O3/c1-16-2-5-20(33-25(36)18-6-7-32-23(11-18)27(29,30)31)12-21(16)17-3-4-19-13-26(28,15-35)24-14-37-9-8-34(24)22(19)10-17/h2-7,10-12,24,35H,8-9,13-15H2,1H3,(H,33,36)/t24-,26-/m0/s1. The molecule has 0 unspecified atom stereocenters. The van der Waals surface area contributed by atoms with E-state index in [9.17, 15) is 23.1 Å². The van der Waals surface area contributed by atoms with E-state index in [0.717, 1.165) is 34.1 Å². The van der Waals surface area contributed by atoms with Gasteiger partial charge in [0.2, 0.25) is 0 Å². The number of rotatable bonds is 4. The number of morpholine rings is 1. The number of aryl methyl sites for hydroxylation is 1. The van der Waals surface area contributed by atoms with Gasteiger partial charge in [0.15, 0.2) is 5.67 Å². The number of amides is 1. The van der Waals surface area contributed by atoms with Gasteiger partial charge in [0.25, 0.3) is 5.91 Å². The third kappa shape index (κ3) is 4.78. The predicted molar refractivity (Wildman–Crippen MR) is 130 cm³/mol. The summed E-state index contributed by atoms with van der Waals surface area (Å²) in [5.41, 5.74) is 1.57. The molecule has 0 bridgehead atoms. The molecule has 1 amide bonds. The molecule has 0 spiro atoms. The number of aromatic nitrogens is 1. The smallest absolute Gasteiger partial charge is 0.393 e. The Hall–Kier alpha value is -3.50. The summed E-state index contributed by atoms with van der Waals surface area (Å²) in [6.45, 7) is 2.45. The Morgan fingerprint density at radius 1 is 1.22 bits per heavy atom. The molecule has 3 heterocycles. The van der Waals surface area contributed by atoms with Crippen molar-refractivity contribution in [2.24, 2.45) is 0 Å². The zero-order valence-corrected chi connectivity index (χ0v) is 20.0. The van der Waals surface area contributed by atoms with Crippen LogP contribution >= 0.6 is 0 Å². The van der Waals surface area contributed by atoms with Gasteiger partial charge in [-0.15, -0.1) is 0 Å². The van der Waals surface area contributed by atoms with Crippen molar-refractivity contribution in [2.75, 3.05) is 36.6 Å². The van der Waals surface area contributed by atoms with E-state index in [1.165, 1.54) is 6.07 Å². The molecule has 0 radical (unpaired) electrons. The Balaban J connectivity index is 1.45. The molecular weight excluding hydrogens is 490 g/mol. The van der Waals surface area contributed by atoms with Crippen molar-refractivity contribution in [1.29, 1.82) is 0 Å². The van der Waals surface area contributed by atoms with Crippen LogP contribution in [0.25, 0.3) is 11.1 Å². The number of aliphatic hydroxyl groups excluding tert-OH is 1. The number of nitrogens with one attached hydrogen (secondary N) is 1. The third-order valence-corrected chi connectivity index (χ3v) is 6.99. The fourth-order valence-corrected chi connectivity index (χ4v) is 5.01. The number of aliphatic hydroxyl groups is 1. The first kappa shape index (κ1) is 25.2. The highest BCUT2D eigenvalue weighted by Gasteiger charge is 2.48. The molecule has 194 valence electrons. The second kappa shape index (κ2) is 9.42. The summed E-state index contributed by atoms with van der Waals surface area (Å²) in [5.74, 6) is -0.687. The number of hydrogen-bond acceptors (Lipinski definition) is 5. The largest absolute Gasteiger partial charge is 0.433 e. The molecular formula is C27H25F4N3O3. The SMILES string of the molecule is Cc1ccc(NC(=O)c2ccnc(C(F)(F)F)c2)cc1-c1ccc2c(c1)N1CCOC[C@H]1[C@@](F)(CO)C2. The molecule has 10 heteroatoms. The fraction of sp³-hybridized carbons (Fsp3) is 0.333. The molecule has 5 rings (SSSR count). The average Bonchev–Trinajstić information content (AvgIpc) is 2.89. The Bertz CT molecular complexity index is 1350. The van der Waals surface area contributed by atoms with Crippen molar-refractivity contribution in [2.45, 2.75) is 31.2 Å². The van der Waals surface area contributed by atoms with E-state index >= 15 is 4.39 Å². The van der Waals surface area contributed by atoms with Crippen molar-refractivity contribution < 1.29 is 32.2 Å². The van der Waals surface area contributed by atoms with E-state index in [4.69, 9.17) is 4.74 Å². The van der Waals surface area contributed by atoms with Crippen molar-refractivity contribution in [3.05, 3.63) is 77.1 Å². The third-order valence-electron chi connectivity index (χ3n) is 6.99. The number of benzene rings is 2. The van der Waals surface area contributed by atoms with Gasteiger partial charge in [-0.25, -0.2) is 4.39 Å². The molecule has 1 fully saturated rings. The summed E-state index contributed by atoms with van der Waals surface area (Å²) in [5, 5.41) is 12.4. The lowest BCUT2D eigenvalue weighted by Crippen LogP contribution is -2.62. The molecule has 1 saturated heterocycles. The summed E-state index contributed by atoms with van der Waals surface area (Å²) >= 11 is 0. The normalized spacial score (nSPS) is 21.2. The van der Waals surface area contributed by atoms with Gasteiger partial charge >= 0.3 is 6.18 Å². The highest BCUT2D eigenvalue weighted by atomic mass is 19.4. The van der Waals surface area contributed by atoms with Crippen LogP contribution in [0.15, 0.2) is 54.7 Å². The van der Waals surface area contributed by atoms with E-state index in [-0.39, 0.29) is 18.6 Å². The topological polar surface area (TPSA) is 74.7 Å². The molecule has 0 saturated carbocycles. The van der Waals surface area contributed by atoms with E-state index in [1.807, 2.05) is 36.1 Å². The van der Waals surface area contributed by atoms with Crippen molar-refractivity contribution in [1.82, 2.24) is 4.98 Å². The van der Waals surface area contributed by atoms with Crippen molar-refractivity contribution in [3.8, 4) is 11.1 Å². The lowest BCUT2D eigenvalue weighted by molar-refractivity contribution is -0.141. The second-order valence-electron chi connectivity index (χ2n) is 9.41. The van der Waals surface area contributed by atoms with Crippen LogP contribution in [-0.4, -0.2) is 54.1 Å².